The van der Waals surface area contributed by atoms with Crippen molar-refractivity contribution in [3.63, 3.8) is 0 Å². The lowest BCUT2D eigenvalue weighted by atomic mass is 10.1. The quantitative estimate of drug-likeness (QED) is 0.736. The van der Waals surface area contributed by atoms with Crippen molar-refractivity contribution in [2.24, 2.45) is 0 Å². The second-order valence-electron chi connectivity index (χ2n) is 4.19. The zero-order chi connectivity index (χ0) is 12.7. The van der Waals surface area contributed by atoms with Crippen molar-refractivity contribution in [2.45, 2.75) is 19.9 Å². The monoisotopic (exact) mass is 236 g/mol. The Morgan fingerprint density at radius 2 is 2.06 bits per heavy atom. The molecule has 0 spiro atoms. The Balaban J connectivity index is 2.74. The summed E-state index contributed by atoms with van der Waals surface area (Å²) in [6.07, 6.45) is 0. The van der Waals surface area contributed by atoms with Crippen LogP contribution in [-0.4, -0.2) is 33.9 Å². The molecule has 0 heterocycles. The molecular formula is C14H24N2O. The summed E-state index contributed by atoms with van der Waals surface area (Å²) in [6.45, 7) is 6.67. The third-order valence-corrected chi connectivity index (χ3v) is 3.02. The molecule has 96 valence electrons. The zero-order valence-electron chi connectivity index (χ0n) is 11.4. The van der Waals surface area contributed by atoms with E-state index in [-0.39, 0.29) is 0 Å². The van der Waals surface area contributed by atoms with Crippen molar-refractivity contribution < 1.29 is 4.74 Å². The maximum atomic E-state index is 5.40. The van der Waals surface area contributed by atoms with Crippen LogP contribution in [0.5, 0.6) is 0 Å². The van der Waals surface area contributed by atoms with Gasteiger partial charge in [-0.25, -0.2) is 0 Å². The highest BCUT2D eigenvalue weighted by Gasteiger charge is 2.11. The molecule has 0 radical (unpaired) electrons. The van der Waals surface area contributed by atoms with Crippen LogP contribution in [0.2, 0.25) is 0 Å². The van der Waals surface area contributed by atoms with Gasteiger partial charge in [-0.1, -0.05) is 18.2 Å². The van der Waals surface area contributed by atoms with Gasteiger partial charge in [0.1, 0.15) is 0 Å². The molecule has 0 aliphatic carbocycles. The Labute approximate surface area is 105 Å². The van der Waals surface area contributed by atoms with E-state index < -0.39 is 0 Å². The van der Waals surface area contributed by atoms with Gasteiger partial charge in [0.25, 0.3) is 0 Å². The predicted octanol–water partition coefficient (Wildman–Crippen LogP) is 2.44. The zero-order valence-corrected chi connectivity index (χ0v) is 11.4. The number of hydrogen-bond acceptors (Lipinski definition) is 3. The van der Waals surface area contributed by atoms with Gasteiger partial charge in [0.2, 0.25) is 0 Å². The number of ether oxygens (including phenoxy) is 1. The van der Waals surface area contributed by atoms with Crippen molar-refractivity contribution >= 4 is 5.69 Å². The molecular weight excluding hydrogens is 212 g/mol. The number of hydrogen-bond donors (Lipinski definition) is 1. The molecule has 1 aromatic carbocycles. The molecule has 0 amide bonds. The van der Waals surface area contributed by atoms with Crippen LogP contribution in [0.1, 0.15) is 25.5 Å². The van der Waals surface area contributed by atoms with Crippen molar-refractivity contribution in [1.29, 1.82) is 0 Å². The van der Waals surface area contributed by atoms with Crippen LogP contribution in [0.15, 0.2) is 24.3 Å². The highest BCUT2D eigenvalue weighted by molar-refractivity contribution is 5.54. The lowest BCUT2D eigenvalue weighted by molar-refractivity contribution is 0.154. The summed E-state index contributed by atoms with van der Waals surface area (Å²) in [6, 6.07) is 8.87. The second kappa shape index (κ2) is 7.30. The topological polar surface area (TPSA) is 24.5 Å². The van der Waals surface area contributed by atoms with Gasteiger partial charge in [0.05, 0.1) is 6.61 Å². The fourth-order valence-corrected chi connectivity index (χ4v) is 1.82. The Bertz CT molecular complexity index is 328. The minimum absolute atomic E-state index is 0.362. The molecule has 1 rings (SSSR count). The maximum Gasteiger partial charge on any atom is 0.0641 e. The van der Waals surface area contributed by atoms with Gasteiger partial charge in [-0.2, -0.15) is 0 Å². The van der Waals surface area contributed by atoms with Gasteiger partial charge in [-0.3, -0.25) is 0 Å². The molecule has 0 saturated heterocycles. The average molecular weight is 236 g/mol. The number of nitrogens with zero attached hydrogens (tertiary/aromatic N) is 1. The van der Waals surface area contributed by atoms with E-state index in [0.717, 1.165) is 19.8 Å². The van der Waals surface area contributed by atoms with E-state index in [1.54, 1.807) is 0 Å². The third-order valence-electron chi connectivity index (χ3n) is 3.02. The molecule has 0 aliphatic rings. The van der Waals surface area contributed by atoms with Crippen LogP contribution < -0.4 is 10.2 Å². The summed E-state index contributed by atoms with van der Waals surface area (Å²) in [7, 11) is 4.10. The van der Waals surface area contributed by atoms with Gasteiger partial charge >= 0.3 is 0 Å². The molecule has 1 aromatic rings. The summed E-state index contributed by atoms with van der Waals surface area (Å²) in [4.78, 5) is 2.25. The number of para-hydroxylation sites is 1. The lowest BCUT2D eigenvalue weighted by Gasteiger charge is -2.24. The number of benzene rings is 1. The predicted molar refractivity (Wildman–Crippen MR) is 73.7 cm³/mol. The summed E-state index contributed by atoms with van der Waals surface area (Å²) in [5.41, 5.74) is 2.60. The smallest absolute Gasteiger partial charge is 0.0641 e. The number of likely N-dealkylation sites (N-methyl/N-ethyl adjacent to an activating group) is 1. The van der Waals surface area contributed by atoms with Gasteiger partial charge in [0, 0.05) is 31.9 Å². The number of nitrogens with one attached hydrogen (secondary N) is 1. The highest BCUT2D eigenvalue weighted by Crippen LogP contribution is 2.24. The first-order valence-electron chi connectivity index (χ1n) is 6.25. The SMILES string of the molecule is CCOCCN(C)c1ccccc1C(C)NC. The molecule has 0 aliphatic heterocycles. The van der Waals surface area contributed by atoms with Crippen molar-refractivity contribution in [3.05, 3.63) is 29.8 Å². The minimum Gasteiger partial charge on any atom is -0.380 e. The lowest BCUT2D eigenvalue weighted by Crippen LogP contribution is -2.25. The van der Waals surface area contributed by atoms with Gasteiger partial charge < -0.3 is 15.0 Å². The van der Waals surface area contributed by atoms with Crippen molar-refractivity contribution in [2.75, 3.05) is 38.8 Å². The Morgan fingerprint density at radius 1 is 1.35 bits per heavy atom. The van der Waals surface area contributed by atoms with E-state index >= 15 is 0 Å². The van der Waals surface area contributed by atoms with Crippen LogP contribution in [0.4, 0.5) is 5.69 Å². The first-order chi connectivity index (χ1) is 8.20. The molecule has 1 atom stereocenters. The Kier molecular flexibility index (Phi) is 6.01. The second-order valence-corrected chi connectivity index (χ2v) is 4.19. The van der Waals surface area contributed by atoms with E-state index in [1.807, 2.05) is 14.0 Å². The molecule has 0 saturated carbocycles. The van der Waals surface area contributed by atoms with Gasteiger partial charge in [-0.15, -0.1) is 0 Å². The molecule has 3 nitrogen and oxygen atoms in total. The van der Waals surface area contributed by atoms with E-state index in [9.17, 15) is 0 Å². The van der Waals surface area contributed by atoms with Gasteiger partial charge in [-0.05, 0) is 32.5 Å². The van der Waals surface area contributed by atoms with Crippen LogP contribution >= 0.6 is 0 Å². The van der Waals surface area contributed by atoms with Gasteiger partial charge in [0.15, 0.2) is 0 Å². The van der Waals surface area contributed by atoms with E-state index in [2.05, 4.69) is 48.5 Å². The number of rotatable bonds is 7. The molecule has 0 bridgehead atoms. The van der Waals surface area contributed by atoms with Crippen LogP contribution in [0.25, 0.3) is 0 Å². The first kappa shape index (κ1) is 14.0. The molecule has 0 fully saturated rings. The minimum atomic E-state index is 0.362. The first-order valence-corrected chi connectivity index (χ1v) is 6.25. The summed E-state index contributed by atoms with van der Waals surface area (Å²) >= 11 is 0. The highest BCUT2D eigenvalue weighted by atomic mass is 16.5. The number of anilines is 1. The summed E-state index contributed by atoms with van der Waals surface area (Å²) in [5.74, 6) is 0. The molecule has 3 heteroatoms. The van der Waals surface area contributed by atoms with Crippen molar-refractivity contribution in [3.8, 4) is 0 Å². The molecule has 1 unspecified atom stereocenters. The molecule has 0 aromatic heterocycles. The Morgan fingerprint density at radius 3 is 2.71 bits per heavy atom. The Hall–Kier alpha value is -1.06. The normalized spacial score (nSPS) is 12.5. The van der Waals surface area contributed by atoms with E-state index in [4.69, 9.17) is 4.74 Å². The van der Waals surface area contributed by atoms with E-state index in [1.165, 1.54) is 11.3 Å². The summed E-state index contributed by atoms with van der Waals surface area (Å²) in [5, 5.41) is 3.29. The fraction of sp³-hybridized carbons (Fsp3) is 0.571. The average Bonchev–Trinajstić information content (AvgIpc) is 2.38. The van der Waals surface area contributed by atoms with Crippen LogP contribution in [0.3, 0.4) is 0 Å². The van der Waals surface area contributed by atoms with Crippen molar-refractivity contribution in [1.82, 2.24) is 5.32 Å². The molecule has 17 heavy (non-hydrogen) atoms. The standard InChI is InChI=1S/C14H24N2O/c1-5-17-11-10-16(4)14-9-7-6-8-13(14)12(2)15-3/h6-9,12,15H,5,10-11H2,1-4H3. The third kappa shape index (κ3) is 4.02. The van der Waals surface area contributed by atoms with Crippen LogP contribution in [-0.2, 0) is 4.74 Å². The van der Waals surface area contributed by atoms with E-state index in [0.29, 0.717) is 6.04 Å². The molecule has 1 N–H and O–H groups in total. The maximum absolute atomic E-state index is 5.40. The fourth-order valence-electron chi connectivity index (χ4n) is 1.82. The van der Waals surface area contributed by atoms with Crippen LogP contribution in [0, 0.1) is 0 Å². The summed E-state index contributed by atoms with van der Waals surface area (Å²) < 4.78 is 5.40. The largest absolute Gasteiger partial charge is 0.380 e.